The second-order valence-corrected chi connectivity index (χ2v) is 7.81. The largest absolute Gasteiger partial charge is 0.507 e. The highest BCUT2D eigenvalue weighted by Gasteiger charge is 2.10. The van der Waals surface area contributed by atoms with Gasteiger partial charge in [0.1, 0.15) is 11.5 Å². The molecule has 0 saturated carbocycles. The van der Waals surface area contributed by atoms with Crippen molar-refractivity contribution in [3.8, 4) is 11.5 Å². The Morgan fingerprint density at radius 1 is 1.27 bits per heavy atom. The molecule has 2 aromatic rings. The van der Waals surface area contributed by atoms with E-state index in [4.69, 9.17) is 4.74 Å². The van der Waals surface area contributed by atoms with Gasteiger partial charge in [-0.25, -0.2) is 5.43 Å². The maximum atomic E-state index is 12.0. The van der Waals surface area contributed by atoms with Crippen molar-refractivity contribution in [3.63, 3.8) is 0 Å². The van der Waals surface area contributed by atoms with Crippen molar-refractivity contribution >= 4 is 44.0 Å². The monoisotopic (exact) mass is 482 g/mol. The Kier molecular flexibility index (Phi) is 7.23. The average Bonchev–Trinajstić information content (AvgIpc) is 2.57. The molecular formula is C19H20Br2N2O3. The van der Waals surface area contributed by atoms with Gasteiger partial charge >= 0.3 is 0 Å². The maximum Gasteiger partial charge on any atom is 0.277 e. The summed E-state index contributed by atoms with van der Waals surface area (Å²) in [4.78, 5) is 12.0. The number of nitrogens with one attached hydrogen (secondary N) is 1. The van der Waals surface area contributed by atoms with Crippen LogP contribution in [0.5, 0.6) is 11.5 Å². The van der Waals surface area contributed by atoms with E-state index >= 15 is 0 Å². The minimum Gasteiger partial charge on any atom is -0.507 e. The number of carbonyl (C=O) groups is 1. The van der Waals surface area contributed by atoms with Crippen LogP contribution in [0.25, 0.3) is 0 Å². The number of carbonyl (C=O) groups excluding carboxylic acids is 1. The number of hydrogen-bond acceptors (Lipinski definition) is 4. The zero-order valence-corrected chi connectivity index (χ0v) is 17.9. The molecule has 0 unspecified atom stereocenters. The lowest BCUT2D eigenvalue weighted by molar-refractivity contribution is -0.123. The smallest absolute Gasteiger partial charge is 0.277 e. The molecular weight excluding hydrogens is 464 g/mol. The molecule has 5 nitrogen and oxygen atoms in total. The minimum absolute atomic E-state index is 0.0879. The summed E-state index contributed by atoms with van der Waals surface area (Å²) in [5, 5.41) is 13.6. The second-order valence-electron chi connectivity index (χ2n) is 6.10. The van der Waals surface area contributed by atoms with Gasteiger partial charge in [0.25, 0.3) is 5.91 Å². The number of nitrogens with zero attached hydrogens (tertiary/aromatic N) is 1. The van der Waals surface area contributed by atoms with Crippen LogP contribution in [0.4, 0.5) is 0 Å². The summed E-state index contributed by atoms with van der Waals surface area (Å²) in [5.74, 6) is 0.730. The summed E-state index contributed by atoms with van der Waals surface area (Å²) in [6.45, 7) is 6.00. The van der Waals surface area contributed by atoms with Crippen LogP contribution in [-0.2, 0) is 4.79 Å². The number of aromatic hydroxyl groups is 1. The predicted molar refractivity (Wildman–Crippen MR) is 110 cm³/mol. The molecule has 7 heteroatoms. The number of aryl methyl sites for hydroxylation is 1. The number of rotatable bonds is 6. The molecule has 2 N–H and O–H groups in total. The lowest BCUT2D eigenvalue weighted by Gasteiger charge is -2.14. The molecule has 1 amide bonds. The fourth-order valence-electron chi connectivity index (χ4n) is 2.25. The number of ether oxygens (including phenoxy) is 1. The van der Waals surface area contributed by atoms with E-state index in [1.807, 2.05) is 25.1 Å². The standard InChI is InChI=1S/C19H20Br2N2O3/c1-11(2)14-5-4-12(3)6-18(14)26-10-19(25)23-22-9-13-7-17(24)16(21)8-15(13)20/h4-9,11,24H,10H2,1-3H3,(H,23,25)/b22-9-. The van der Waals surface area contributed by atoms with Crippen LogP contribution in [0.3, 0.4) is 0 Å². The molecule has 2 aromatic carbocycles. The number of phenolic OH excluding ortho intramolecular Hbond substituents is 1. The van der Waals surface area contributed by atoms with Crippen molar-refractivity contribution in [2.75, 3.05) is 6.61 Å². The Bertz CT molecular complexity index is 836. The quantitative estimate of drug-likeness (QED) is 0.454. The molecule has 0 fully saturated rings. The zero-order chi connectivity index (χ0) is 19.3. The van der Waals surface area contributed by atoms with Gasteiger partial charge in [-0.1, -0.05) is 41.9 Å². The molecule has 0 heterocycles. The van der Waals surface area contributed by atoms with E-state index < -0.39 is 0 Å². The van der Waals surface area contributed by atoms with Crippen LogP contribution in [0, 0.1) is 6.92 Å². The first-order chi connectivity index (χ1) is 12.3. The number of benzene rings is 2. The van der Waals surface area contributed by atoms with Crippen molar-refractivity contribution < 1.29 is 14.6 Å². The highest BCUT2D eigenvalue weighted by molar-refractivity contribution is 9.11. The maximum absolute atomic E-state index is 12.0. The third-order valence-electron chi connectivity index (χ3n) is 3.61. The molecule has 0 bridgehead atoms. The van der Waals surface area contributed by atoms with Gasteiger partial charge < -0.3 is 9.84 Å². The van der Waals surface area contributed by atoms with E-state index in [-0.39, 0.29) is 18.3 Å². The van der Waals surface area contributed by atoms with Crippen molar-refractivity contribution in [1.29, 1.82) is 0 Å². The minimum atomic E-state index is -0.366. The van der Waals surface area contributed by atoms with Crippen LogP contribution in [0.1, 0.15) is 36.5 Å². The van der Waals surface area contributed by atoms with Crippen LogP contribution < -0.4 is 10.2 Å². The first-order valence-electron chi connectivity index (χ1n) is 8.01. The van der Waals surface area contributed by atoms with Gasteiger partial charge in [0.05, 0.1) is 10.7 Å². The van der Waals surface area contributed by atoms with Crippen LogP contribution in [0.15, 0.2) is 44.4 Å². The van der Waals surface area contributed by atoms with Crippen LogP contribution in [0.2, 0.25) is 0 Å². The van der Waals surface area contributed by atoms with Gasteiger partial charge in [0.2, 0.25) is 0 Å². The number of halogens is 2. The van der Waals surface area contributed by atoms with Crippen molar-refractivity contribution in [2.24, 2.45) is 5.10 Å². The van der Waals surface area contributed by atoms with Crippen LogP contribution in [-0.4, -0.2) is 23.8 Å². The lowest BCUT2D eigenvalue weighted by Crippen LogP contribution is -2.25. The van der Waals surface area contributed by atoms with Crippen molar-refractivity contribution in [1.82, 2.24) is 5.43 Å². The Hall–Kier alpha value is -1.86. The van der Waals surface area contributed by atoms with Gasteiger partial charge in [-0.15, -0.1) is 0 Å². The molecule has 0 aliphatic heterocycles. The van der Waals surface area contributed by atoms with E-state index in [2.05, 4.69) is 56.2 Å². The summed E-state index contributed by atoms with van der Waals surface area (Å²) < 4.78 is 6.96. The van der Waals surface area contributed by atoms with Crippen molar-refractivity contribution in [3.05, 3.63) is 56.0 Å². The molecule has 0 radical (unpaired) electrons. The highest BCUT2D eigenvalue weighted by atomic mass is 79.9. The summed E-state index contributed by atoms with van der Waals surface area (Å²) in [6, 6.07) is 9.20. The Morgan fingerprint density at radius 2 is 2.00 bits per heavy atom. The molecule has 0 saturated heterocycles. The first kappa shape index (κ1) is 20.5. The number of hydrazone groups is 1. The number of hydrogen-bond donors (Lipinski definition) is 2. The molecule has 0 aliphatic carbocycles. The van der Waals surface area contributed by atoms with Crippen LogP contribution >= 0.6 is 31.9 Å². The van der Waals surface area contributed by atoms with E-state index in [1.165, 1.54) is 12.3 Å². The van der Waals surface area contributed by atoms with Gasteiger partial charge in [-0.3, -0.25) is 4.79 Å². The van der Waals surface area contributed by atoms with Crippen molar-refractivity contribution in [2.45, 2.75) is 26.7 Å². The van der Waals surface area contributed by atoms with Gasteiger partial charge in [0, 0.05) is 10.0 Å². The molecule has 0 atom stereocenters. The van der Waals surface area contributed by atoms with E-state index in [0.717, 1.165) is 15.6 Å². The SMILES string of the molecule is Cc1ccc(C(C)C)c(OCC(=O)N/N=C\c2cc(O)c(Br)cc2Br)c1. The molecule has 2 rings (SSSR count). The summed E-state index contributed by atoms with van der Waals surface area (Å²) in [7, 11) is 0. The summed E-state index contributed by atoms with van der Waals surface area (Å²) in [5.41, 5.74) is 5.18. The third-order valence-corrected chi connectivity index (χ3v) is 4.93. The molecule has 0 aromatic heterocycles. The topological polar surface area (TPSA) is 70.9 Å². The molecule has 0 spiro atoms. The average molecular weight is 484 g/mol. The molecule has 26 heavy (non-hydrogen) atoms. The van der Waals surface area contributed by atoms with E-state index in [0.29, 0.717) is 21.7 Å². The fraction of sp³-hybridized carbons (Fsp3) is 0.263. The lowest BCUT2D eigenvalue weighted by atomic mass is 10.0. The Labute approximate surface area is 169 Å². The van der Waals surface area contributed by atoms with Gasteiger partial charge in [-0.05, 0) is 58.1 Å². The zero-order valence-electron chi connectivity index (χ0n) is 14.7. The van der Waals surface area contributed by atoms with E-state index in [1.54, 1.807) is 6.07 Å². The molecule has 138 valence electrons. The summed E-state index contributed by atoms with van der Waals surface area (Å²) >= 11 is 6.59. The highest BCUT2D eigenvalue weighted by Crippen LogP contribution is 2.30. The van der Waals surface area contributed by atoms with E-state index in [9.17, 15) is 9.90 Å². The second kappa shape index (κ2) is 9.19. The first-order valence-corrected chi connectivity index (χ1v) is 9.59. The number of phenols is 1. The summed E-state index contributed by atoms with van der Waals surface area (Å²) in [6.07, 6.45) is 1.44. The Morgan fingerprint density at radius 3 is 2.69 bits per heavy atom. The normalized spacial score (nSPS) is 11.2. The fourth-order valence-corrected chi connectivity index (χ4v) is 3.34. The van der Waals surface area contributed by atoms with Gasteiger partial charge in [-0.2, -0.15) is 5.10 Å². The number of amides is 1. The predicted octanol–water partition coefficient (Wildman–Crippen LogP) is 4.88. The molecule has 0 aliphatic rings. The Balaban J connectivity index is 1.96. The third kappa shape index (κ3) is 5.57. The van der Waals surface area contributed by atoms with Gasteiger partial charge in [0.15, 0.2) is 6.61 Å².